The minimum Gasteiger partial charge on any atom is -0.353 e. The second-order valence-electron chi connectivity index (χ2n) is 9.02. The number of aliphatic imine (C=N–C) groups is 1. The van der Waals surface area contributed by atoms with Crippen LogP contribution in [0.2, 0.25) is 0 Å². The van der Waals surface area contributed by atoms with Crippen LogP contribution < -0.4 is 0 Å². The molecule has 13 heteroatoms. The summed E-state index contributed by atoms with van der Waals surface area (Å²) in [5.41, 5.74) is -1.90. The second kappa shape index (κ2) is 10.4. The van der Waals surface area contributed by atoms with Gasteiger partial charge in [0.2, 0.25) is 0 Å². The third kappa shape index (κ3) is 6.21. The van der Waals surface area contributed by atoms with Crippen molar-refractivity contribution in [1.29, 1.82) is 0 Å². The lowest BCUT2D eigenvalue weighted by molar-refractivity contribution is -0.143. The van der Waals surface area contributed by atoms with Crippen molar-refractivity contribution < 1.29 is 31.1 Å². The Kier molecular flexibility index (Phi) is 7.62. The molecule has 0 saturated carbocycles. The molecule has 1 amide bonds. The lowest BCUT2D eigenvalue weighted by atomic mass is 10.0. The lowest BCUT2D eigenvalue weighted by Crippen LogP contribution is -2.31. The van der Waals surface area contributed by atoms with Crippen LogP contribution in [-0.4, -0.2) is 64.9 Å². The number of thioether (sulfide) groups is 1. The van der Waals surface area contributed by atoms with Gasteiger partial charge in [0.25, 0.3) is 5.91 Å². The molecule has 0 N–H and O–H groups in total. The summed E-state index contributed by atoms with van der Waals surface area (Å²) in [4.78, 5) is 20.9. The highest BCUT2D eigenvalue weighted by Gasteiger charge is 2.38. The van der Waals surface area contributed by atoms with Gasteiger partial charge in [-0.1, -0.05) is 12.1 Å². The molecular weight excluding hydrogens is 532 g/mol. The molecule has 4 rings (SSSR count). The molecule has 0 fully saturated rings. The quantitative estimate of drug-likeness (QED) is 0.294. The predicted octanol–water partition coefficient (Wildman–Crippen LogP) is 5.59. The van der Waals surface area contributed by atoms with Gasteiger partial charge in [-0.2, -0.15) is 36.4 Å². The highest BCUT2D eigenvalue weighted by molar-refractivity contribution is 8.18. The molecule has 0 spiro atoms. The maximum Gasteiger partial charge on any atom is 0.416 e. The van der Waals surface area contributed by atoms with Gasteiger partial charge in [-0.3, -0.25) is 9.48 Å². The third-order valence-electron chi connectivity index (χ3n) is 5.84. The van der Waals surface area contributed by atoms with E-state index < -0.39 is 23.5 Å². The molecule has 1 aliphatic rings. The first-order valence-electron chi connectivity index (χ1n) is 11.3. The van der Waals surface area contributed by atoms with E-state index in [1.807, 2.05) is 30.9 Å². The van der Waals surface area contributed by atoms with Crippen LogP contribution in [0.1, 0.15) is 22.3 Å². The number of fused-ring (bicyclic) bond motifs is 1. The van der Waals surface area contributed by atoms with Crippen molar-refractivity contribution in [3.63, 3.8) is 0 Å². The molecule has 0 radical (unpaired) electrons. The Morgan fingerprint density at radius 2 is 1.71 bits per heavy atom. The smallest absolute Gasteiger partial charge is 0.353 e. The summed E-state index contributed by atoms with van der Waals surface area (Å²) in [5, 5.41) is 5.33. The summed E-state index contributed by atoms with van der Waals surface area (Å²) in [5.74, 6) is -0.362. The first-order chi connectivity index (χ1) is 17.7. The van der Waals surface area contributed by atoms with Crippen LogP contribution in [0.5, 0.6) is 0 Å². The van der Waals surface area contributed by atoms with Crippen LogP contribution in [0.3, 0.4) is 0 Å². The summed E-state index contributed by atoms with van der Waals surface area (Å²) in [7, 11) is 5.75. The number of nitrogens with zero attached hydrogens (tertiary/aromatic N) is 5. The molecule has 0 unspecified atom stereocenters. The molecule has 1 aromatic heterocycles. The van der Waals surface area contributed by atoms with Crippen molar-refractivity contribution in [2.75, 3.05) is 34.2 Å². The van der Waals surface area contributed by atoms with E-state index in [1.54, 1.807) is 24.3 Å². The Hall–Kier alpha value is -3.32. The molecule has 202 valence electrons. The second-order valence-corrected chi connectivity index (χ2v) is 10.0. The first-order valence-corrected chi connectivity index (χ1v) is 12.2. The van der Waals surface area contributed by atoms with Gasteiger partial charge in [-0.05, 0) is 67.3 Å². The Balaban J connectivity index is 1.56. The van der Waals surface area contributed by atoms with Crippen molar-refractivity contribution >= 4 is 39.8 Å². The Bertz CT molecular complexity index is 1420. The number of amides is 1. The Morgan fingerprint density at radius 1 is 0.974 bits per heavy atom. The van der Waals surface area contributed by atoms with E-state index in [4.69, 9.17) is 0 Å². The van der Waals surface area contributed by atoms with Gasteiger partial charge in [0.05, 0.1) is 34.3 Å². The summed E-state index contributed by atoms with van der Waals surface area (Å²) < 4.78 is 80.9. The van der Waals surface area contributed by atoms with Gasteiger partial charge in [0, 0.05) is 25.5 Å². The minimum atomic E-state index is -4.97. The van der Waals surface area contributed by atoms with Gasteiger partial charge in [0.1, 0.15) is 0 Å². The average Bonchev–Trinajstić information content (AvgIpc) is 3.39. The minimum absolute atomic E-state index is 0.121. The molecule has 0 bridgehead atoms. The van der Waals surface area contributed by atoms with Crippen molar-refractivity contribution in [2.45, 2.75) is 18.9 Å². The maximum absolute atomic E-state index is 13.5. The number of aromatic nitrogens is 2. The van der Waals surface area contributed by atoms with E-state index >= 15 is 0 Å². The summed E-state index contributed by atoms with van der Waals surface area (Å²) in [6.45, 7) is 1.11. The van der Waals surface area contributed by atoms with Gasteiger partial charge in [-0.15, -0.1) is 0 Å². The van der Waals surface area contributed by atoms with Crippen molar-refractivity contribution in [2.24, 2.45) is 4.99 Å². The van der Waals surface area contributed by atoms with E-state index in [-0.39, 0.29) is 24.1 Å². The SMILES string of the molecule is CN(C)CCN(C)C1=NC(=O)/C(=C/c2ccc3c(cnn3Cc3ccc(C(F)(F)F)cc3C(F)(F)F)c2)S1. The highest BCUT2D eigenvalue weighted by Crippen LogP contribution is 2.38. The fourth-order valence-electron chi connectivity index (χ4n) is 3.80. The Morgan fingerprint density at radius 3 is 2.37 bits per heavy atom. The number of likely N-dealkylation sites (N-methyl/N-ethyl adjacent to an activating group) is 2. The number of benzene rings is 2. The topological polar surface area (TPSA) is 53.7 Å². The molecule has 6 nitrogen and oxygen atoms in total. The molecule has 3 aromatic rings. The molecule has 2 heterocycles. The van der Waals surface area contributed by atoms with E-state index in [9.17, 15) is 31.1 Å². The van der Waals surface area contributed by atoms with Gasteiger partial charge in [-0.25, -0.2) is 0 Å². The van der Waals surface area contributed by atoms with Gasteiger partial charge < -0.3 is 9.80 Å². The van der Waals surface area contributed by atoms with Gasteiger partial charge >= 0.3 is 12.4 Å². The monoisotopic (exact) mass is 555 g/mol. The molecule has 2 aromatic carbocycles. The van der Waals surface area contributed by atoms with E-state index in [0.717, 1.165) is 12.6 Å². The first kappa shape index (κ1) is 27.7. The van der Waals surface area contributed by atoms with Crippen molar-refractivity contribution in [1.82, 2.24) is 19.6 Å². The van der Waals surface area contributed by atoms with Crippen LogP contribution >= 0.6 is 11.8 Å². The lowest BCUT2D eigenvalue weighted by Gasteiger charge is -2.19. The van der Waals surface area contributed by atoms with Crippen LogP contribution in [0.25, 0.3) is 17.0 Å². The maximum atomic E-state index is 13.5. The number of carbonyl (C=O) groups excluding carboxylic acids is 1. The van der Waals surface area contributed by atoms with E-state index in [2.05, 4.69) is 10.1 Å². The number of hydrogen-bond donors (Lipinski definition) is 0. The van der Waals surface area contributed by atoms with E-state index in [0.29, 0.717) is 39.2 Å². The summed E-state index contributed by atoms with van der Waals surface area (Å²) in [6.07, 6.45) is -6.73. The summed E-state index contributed by atoms with van der Waals surface area (Å²) in [6, 6.07) is 6.63. The normalized spacial score (nSPS) is 15.7. The number of carbonyl (C=O) groups is 1. The number of alkyl halides is 6. The fraction of sp³-hybridized carbons (Fsp3) is 0.320. The van der Waals surface area contributed by atoms with Crippen LogP contribution in [-0.2, 0) is 23.7 Å². The number of halogens is 6. The molecule has 0 aliphatic carbocycles. The molecular formula is C25H23F6N5OS. The third-order valence-corrected chi connectivity index (χ3v) is 6.94. The number of hydrogen-bond acceptors (Lipinski definition) is 5. The van der Waals surface area contributed by atoms with Crippen molar-refractivity contribution in [3.8, 4) is 0 Å². The zero-order chi connectivity index (χ0) is 27.8. The number of amidine groups is 1. The van der Waals surface area contributed by atoms with E-state index in [1.165, 1.54) is 22.6 Å². The fourth-order valence-corrected chi connectivity index (χ4v) is 4.70. The average molecular weight is 556 g/mol. The number of rotatable bonds is 6. The molecule has 0 atom stereocenters. The van der Waals surface area contributed by atoms with Crippen LogP contribution in [0.4, 0.5) is 26.3 Å². The van der Waals surface area contributed by atoms with Crippen molar-refractivity contribution in [3.05, 3.63) is 69.8 Å². The molecule has 1 aliphatic heterocycles. The highest BCUT2D eigenvalue weighted by atomic mass is 32.2. The zero-order valence-corrected chi connectivity index (χ0v) is 21.4. The van der Waals surface area contributed by atoms with Crippen LogP contribution in [0, 0.1) is 0 Å². The van der Waals surface area contributed by atoms with Crippen LogP contribution in [0.15, 0.2) is 52.5 Å². The predicted molar refractivity (Wildman–Crippen MR) is 134 cm³/mol. The van der Waals surface area contributed by atoms with Gasteiger partial charge in [0.15, 0.2) is 5.17 Å². The Labute approximate surface area is 218 Å². The largest absolute Gasteiger partial charge is 0.416 e. The standard InChI is InChI=1S/C25H23F6N5OS/c1-34(2)8-9-35(3)23-33-22(37)21(38-23)11-15-4-7-20-17(10-15)13-32-36(20)14-16-5-6-18(24(26,27)28)12-19(16)25(29,30)31/h4-7,10-13H,8-9,14H2,1-3H3/b21-11-. The zero-order valence-electron chi connectivity index (χ0n) is 20.6. The molecule has 38 heavy (non-hydrogen) atoms. The molecule has 0 saturated heterocycles. The summed E-state index contributed by atoms with van der Waals surface area (Å²) >= 11 is 1.25.